The van der Waals surface area contributed by atoms with Crippen LogP contribution in [-0.2, 0) is 6.42 Å². The van der Waals surface area contributed by atoms with Gasteiger partial charge in [-0.15, -0.1) is 34.2 Å². The highest BCUT2D eigenvalue weighted by atomic mass is 127. The van der Waals surface area contributed by atoms with E-state index in [1.807, 2.05) is 40.6 Å². The van der Waals surface area contributed by atoms with E-state index in [2.05, 4.69) is 41.2 Å². The van der Waals surface area contributed by atoms with Crippen molar-refractivity contribution in [3.05, 3.63) is 30.2 Å². The zero-order valence-corrected chi connectivity index (χ0v) is 18.3. The molecule has 0 bridgehead atoms. The Kier molecular flexibility index (Phi) is 7.36. The third kappa shape index (κ3) is 5.22. The molecule has 0 amide bonds. The van der Waals surface area contributed by atoms with Crippen molar-refractivity contribution >= 4 is 47.3 Å². The van der Waals surface area contributed by atoms with E-state index in [9.17, 15) is 0 Å². The lowest BCUT2D eigenvalue weighted by molar-refractivity contribution is 0.376. The molecule has 1 aliphatic heterocycles. The van der Waals surface area contributed by atoms with Crippen molar-refractivity contribution in [2.24, 2.45) is 4.99 Å². The Morgan fingerprint density at radius 3 is 2.96 bits per heavy atom. The quantitative estimate of drug-likeness (QED) is 0.420. The predicted octanol–water partition coefficient (Wildman–Crippen LogP) is 2.68. The number of nitrogens with one attached hydrogen (secondary N) is 1. The van der Waals surface area contributed by atoms with Gasteiger partial charge in [0.25, 0.3) is 0 Å². The molecule has 1 N–H and O–H groups in total. The highest BCUT2D eigenvalue weighted by Gasteiger charge is 2.28. The van der Waals surface area contributed by atoms with Gasteiger partial charge < -0.3 is 10.2 Å². The van der Waals surface area contributed by atoms with E-state index in [1.54, 1.807) is 0 Å². The van der Waals surface area contributed by atoms with Crippen molar-refractivity contribution in [3.63, 3.8) is 0 Å². The normalized spacial score (nSPS) is 17.4. The fourth-order valence-corrected chi connectivity index (χ4v) is 4.06. The third-order valence-corrected chi connectivity index (χ3v) is 5.34. The van der Waals surface area contributed by atoms with Crippen LogP contribution in [0, 0.1) is 0 Å². The van der Waals surface area contributed by atoms with Crippen molar-refractivity contribution in [1.29, 1.82) is 0 Å². The number of hydrogen-bond donors (Lipinski definition) is 1. The summed E-state index contributed by atoms with van der Waals surface area (Å²) in [5, 5.41) is 11.9. The molecule has 0 unspecified atom stereocenters. The molecule has 2 aromatic rings. The van der Waals surface area contributed by atoms with Gasteiger partial charge in [0.1, 0.15) is 5.82 Å². The standard InChI is InChI=1S/C17H26N6S.HI/c1-4-18-16(22-11-12-24-17(2,3)13-22)19-9-8-15-21-20-14-7-5-6-10-23(14)15;/h5-7,10H,4,8-9,11-13H2,1-3H3,(H,18,19);1H. The van der Waals surface area contributed by atoms with Gasteiger partial charge in [0.15, 0.2) is 11.6 Å². The fourth-order valence-electron chi connectivity index (χ4n) is 2.95. The number of fused-ring (bicyclic) bond motifs is 1. The summed E-state index contributed by atoms with van der Waals surface area (Å²) < 4.78 is 2.31. The SMILES string of the molecule is CCNC(=NCCc1nnc2ccccn12)N1CCSC(C)(C)C1.I. The molecular formula is C17H27IN6S. The molecule has 0 atom stereocenters. The number of nitrogens with zero attached hydrogens (tertiary/aromatic N) is 5. The molecule has 1 saturated heterocycles. The Morgan fingerprint density at radius 2 is 2.20 bits per heavy atom. The predicted molar refractivity (Wildman–Crippen MR) is 116 cm³/mol. The van der Waals surface area contributed by atoms with Crippen LogP contribution in [-0.4, -0.2) is 62.1 Å². The van der Waals surface area contributed by atoms with Gasteiger partial charge >= 0.3 is 0 Å². The summed E-state index contributed by atoms with van der Waals surface area (Å²) in [5.41, 5.74) is 0.887. The van der Waals surface area contributed by atoms with Gasteiger partial charge in [-0.3, -0.25) is 9.39 Å². The van der Waals surface area contributed by atoms with Crippen LogP contribution >= 0.6 is 35.7 Å². The first kappa shape index (κ1) is 20.3. The average Bonchev–Trinajstić information content (AvgIpc) is 2.96. The second-order valence-electron chi connectivity index (χ2n) is 6.56. The van der Waals surface area contributed by atoms with Crippen molar-refractivity contribution in [3.8, 4) is 0 Å². The molecule has 138 valence electrons. The van der Waals surface area contributed by atoms with Gasteiger partial charge in [0.2, 0.25) is 0 Å². The van der Waals surface area contributed by atoms with E-state index in [4.69, 9.17) is 4.99 Å². The summed E-state index contributed by atoms with van der Waals surface area (Å²) >= 11 is 2.04. The lowest BCUT2D eigenvalue weighted by atomic mass is 10.2. The molecule has 0 aliphatic carbocycles. The molecule has 0 spiro atoms. The number of hydrogen-bond acceptors (Lipinski definition) is 4. The molecule has 0 saturated carbocycles. The van der Waals surface area contributed by atoms with Gasteiger partial charge in [-0.25, -0.2) is 0 Å². The van der Waals surface area contributed by atoms with Crippen LogP contribution in [0.1, 0.15) is 26.6 Å². The Balaban J connectivity index is 0.00000225. The number of aliphatic imine (C=N–C) groups is 1. The maximum atomic E-state index is 4.83. The highest BCUT2D eigenvalue weighted by Crippen LogP contribution is 2.29. The summed E-state index contributed by atoms with van der Waals surface area (Å²) in [5.74, 6) is 3.12. The number of aromatic nitrogens is 3. The zero-order valence-electron chi connectivity index (χ0n) is 15.1. The van der Waals surface area contributed by atoms with Crippen LogP contribution in [0.15, 0.2) is 29.4 Å². The number of halogens is 1. The smallest absolute Gasteiger partial charge is 0.194 e. The fraction of sp³-hybridized carbons (Fsp3) is 0.588. The Labute approximate surface area is 170 Å². The van der Waals surface area contributed by atoms with Gasteiger partial charge in [-0.2, -0.15) is 11.8 Å². The molecule has 3 heterocycles. The Morgan fingerprint density at radius 1 is 1.36 bits per heavy atom. The van der Waals surface area contributed by atoms with Crippen LogP contribution < -0.4 is 5.32 Å². The van der Waals surface area contributed by atoms with Crippen molar-refractivity contribution in [1.82, 2.24) is 24.8 Å². The monoisotopic (exact) mass is 474 g/mol. The van der Waals surface area contributed by atoms with E-state index in [0.717, 1.165) is 49.2 Å². The summed E-state index contributed by atoms with van der Waals surface area (Å²) in [6, 6.07) is 5.95. The first-order valence-electron chi connectivity index (χ1n) is 8.55. The minimum Gasteiger partial charge on any atom is -0.357 e. The highest BCUT2D eigenvalue weighted by molar-refractivity contribution is 14.0. The maximum Gasteiger partial charge on any atom is 0.194 e. The van der Waals surface area contributed by atoms with Gasteiger partial charge in [0, 0.05) is 49.3 Å². The zero-order chi connectivity index (χ0) is 17.0. The topological polar surface area (TPSA) is 57.8 Å². The number of pyridine rings is 1. The summed E-state index contributed by atoms with van der Waals surface area (Å²) in [7, 11) is 0. The number of thioether (sulfide) groups is 1. The molecule has 1 fully saturated rings. The lowest BCUT2D eigenvalue weighted by Crippen LogP contribution is -2.51. The average molecular weight is 474 g/mol. The first-order chi connectivity index (χ1) is 11.6. The van der Waals surface area contributed by atoms with E-state index >= 15 is 0 Å². The number of guanidine groups is 1. The molecule has 0 aromatic carbocycles. The van der Waals surface area contributed by atoms with Crippen LogP contribution in [0.2, 0.25) is 0 Å². The molecule has 6 nitrogen and oxygen atoms in total. The van der Waals surface area contributed by atoms with Crippen molar-refractivity contribution < 1.29 is 0 Å². The Bertz CT molecular complexity index is 714. The minimum atomic E-state index is 0. The van der Waals surface area contributed by atoms with Crippen LogP contribution in [0.5, 0.6) is 0 Å². The van der Waals surface area contributed by atoms with E-state index < -0.39 is 0 Å². The Hall–Kier alpha value is -1.03. The van der Waals surface area contributed by atoms with Gasteiger partial charge in [-0.1, -0.05) is 6.07 Å². The van der Waals surface area contributed by atoms with E-state index in [-0.39, 0.29) is 28.7 Å². The number of rotatable bonds is 4. The third-order valence-electron chi connectivity index (χ3n) is 4.04. The second kappa shape index (κ2) is 9.07. The van der Waals surface area contributed by atoms with Crippen molar-refractivity contribution in [2.45, 2.75) is 31.9 Å². The summed E-state index contributed by atoms with van der Waals surface area (Å²) in [6.07, 6.45) is 2.79. The molecule has 3 rings (SSSR count). The largest absolute Gasteiger partial charge is 0.357 e. The van der Waals surface area contributed by atoms with Crippen LogP contribution in [0.25, 0.3) is 5.65 Å². The second-order valence-corrected chi connectivity index (χ2v) is 8.36. The summed E-state index contributed by atoms with van der Waals surface area (Å²) in [6.45, 7) is 10.4. The van der Waals surface area contributed by atoms with Crippen LogP contribution in [0.4, 0.5) is 0 Å². The minimum absolute atomic E-state index is 0. The molecule has 25 heavy (non-hydrogen) atoms. The molecule has 0 radical (unpaired) electrons. The first-order valence-corrected chi connectivity index (χ1v) is 9.53. The van der Waals surface area contributed by atoms with E-state index in [0.29, 0.717) is 6.54 Å². The molecule has 1 aliphatic rings. The van der Waals surface area contributed by atoms with Crippen molar-refractivity contribution in [2.75, 3.05) is 31.9 Å². The van der Waals surface area contributed by atoms with Gasteiger partial charge in [0.05, 0.1) is 0 Å². The molecule has 2 aromatic heterocycles. The molecule has 8 heteroatoms. The molecular weight excluding hydrogens is 447 g/mol. The van der Waals surface area contributed by atoms with E-state index in [1.165, 1.54) is 0 Å². The maximum absolute atomic E-state index is 4.83. The van der Waals surface area contributed by atoms with Gasteiger partial charge in [-0.05, 0) is 32.9 Å². The summed E-state index contributed by atoms with van der Waals surface area (Å²) in [4.78, 5) is 7.20. The lowest BCUT2D eigenvalue weighted by Gasteiger charge is -2.39. The van der Waals surface area contributed by atoms with Crippen LogP contribution in [0.3, 0.4) is 0 Å².